The zero-order chi connectivity index (χ0) is 25.7. The Morgan fingerprint density at radius 1 is 1.31 bits per heavy atom. The zero-order valence-electron chi connectivity index (χ0n) is 18.7. The van der Waals surface area contributed by atoms with E-state index in [1.807, 2.05) is 0 Å². The van der Waals surface area contributed by atoms with E-state index in [9.17, 15) is 32.3 Å². The number of anilines is 2. The van der Waals surface area contributed by atoms with E-state index in [1.54, 1.807) is 0 Å². The molecule has 35 heavy (non-hydrogen) atoms. The molecule has 0 saturated carbocycles. The summed E-state index contributed by atoms with van der Waals surface area (Å²) in [6, 6.07) is 3.14. The van der Waals surface area contributed by atoms with E-state index in [0.717, 1.165) is 21.9 Å². The normalized spacial score (nSPS) is 19.7. The predicted octanol–water partition coefficient (Wildman–Crippen LogP) is 2.81. The van der Waals surface area contributed by atoms with Gasteiger partial charge in [-0.25, -0.2) is 14.2 Å². The number of amides is 3. The molecule has 188 valence electrons. The van der Waals surface area contributed by atoms with Crippen molar-refractivity contribution in [2.24, 2.45) is 0 Å². The molecule has 1 aromatic heterocycles. The minimum absolute atomic E-state index is 0.00719. The number of nitrogens with one attached hydrogen (secondary N) is 1. The van der Waals surface area contributed by atoms with Gasteiger partial charge >= 0.3 is 12.2 Å². The van der Waals surface area contributed by atoms with Crippen LogP contribution in [0.5, 0.6) is 0 Å². The van der Waals surface area contributed by atoms with Crippen LogP contribution in [0.4, 0.5) is 33.9 Å². The average molecular weight is 516 g/mol. The molecular formula is C22H22ClF4N5O3. The molecule has 1 aromatic carbocycles. The highest BCUT2D eigenvalue weighted by Gasteiger charge is 2.48. The Morgan fingerprint density at radius 3 is 2.57 bits per heavy atom. The van der Waals surface area contributed by atoms with Crippen LogP contribution in [0.1, 0.15) is 11.3 Å². The molecule has 3 heterocycles. The fourth-order valence-electron chi connectivity index (χ4n) is 4.10. The molecule has 4 rings (SSSR count). The Kier molecular flexibility index (Phi) is 6.41. The minimum Gasteiger partial charge on any atom is -0.385 e. The second kappa shape index (κ2) is 8.92. The summed E-state index contributed by atoms with van der Waals surface area (Å²) in [7, 11) is 1.38. The molecule has 8 nitrogen and oxygen atoms in total. The summed E-state index contributed by atoms with van der Waals surface area (Å²) in [6.07, 6.45) is -4.70. The average Bonchev–Trinajstić information content (AvgIpc) is 3.08. The van der Waals surface area contributed by atoms with Gasteiger partial charge in [-0.2, -0.15) is 13.2 Å². The first-order valence-electron chi connectivity index (χ1n) is 10.6. The lowest BCUT2D eigenvalue weighted by Gasteiger charge is -2.40. The Hall–Kier alpha value is -2.96. The molecule has 0 radical (unpaired) electrons. The number of hydrogen-bond acceptors (Lipinski definition) is 5. The highest BCUT2D eigenvalue weighted by atomic mass is 35.5. The van der Waals surface area contributed by atoms with Crippen LogP contribution in [-0.4, -0.2) is 71.8 Å². The monoisotopic (exact) mass is 515 g/mol. The third-order valence-electron chi connectivity index (χ3n) is 6.00. The van der Waals surface area contributed by atoms with Gasteiger partial charge in [-0.3, -0.25) is 9.69 Å². The van der Waals surface area contributed by atoms with E-state index in [1.165, 1.54) is 31.0 Å². The number of carbonyl (C=O) groups is 2. The lowest BCUT2D eigenvalue weighted by Crippen LogP contribution is -2.64. The summed E-state index contributed by atoms with van der Waals surface area (Å²) in [5, 5.41) is 13.2. The molecule has 2 saturated heterocycles. The second-order valence-electron chi connectivity index (χ2n) is 8.73. The molecule has 2 aromatic rings. The van der Waals surface area contributed by atoms with Gasteiger partial charge in [0, 0.05) is 31.5 Å². The number of aliphatic hydroxyl groups is 1. The van der Waals surface area contributed by atoms with Crippen molar-refractivity contribution in [1.82, 2.24) is 15.2 Å². The molecule has 2 fully saturated rings. The highest BCUT2D eigenvalue weighted by Crippen LogP contribution is 2.34. The largest absolute Gasteiger partial charge is 0.416 e. The number of benzene rings is 1. The molecule has 0 unspecified atom stereocenters. The van der Waals surface area contributed by atoms with E-state index >= 15 is 0 Å². The van der Waals surface area contributed by atoms with E-state index in [0.29, 0.717) is 6.07 Å². The van der Waals surface area contributed by atoms with Gasteiger partial charge in [-0.15, -0.1) is 0 Å². The van der Waals surface area contributed by atoms with Gasteiger partial charge in [0.05, 0.1) is 23.7 Å². The molecule has 2 aliphatic rings. The summed E-state index contributed by atoms with van der Waals surface area (Å²) >= 11 is 5.83. The number of carbonyl (C=O) groups excluding carboxylic acids is 2. The number of hydrogen-bond donors (Lipinski definition) is 2. The summed E-state index contributed by atoms with van der Waals surface area (Å²) in [5.74, 6) is -1.68. The first kappa shape index (κ1) is 25.1. The van der Waals surface area contributed by atoms with E-state index in [2.05, 4.69) is 10.3 Å². The SMILES string of the molecule is Cc1cc(C(F)(F)F)cc(N2C(=O)N(CC3(O)CNC3)C[C@H]2C(=O)N(C)c2ccc(F)c(Cl)c2)n1. The van der Waals surface area contributed by atoms with Crippen LogP contribution < -0.4 is 15.1 Å². The molecular weight excluding hydrogens is 494 g/mol. The van der Waals surface area contributed by atoms with Gasteiger partial charge in [0.2, 0.25) is 0 Å². The van der Waals surface area contributed by atoms with Gasteiger partial charge in [-0.05, 0) is 37.3 Å². The van der Waals surface area contributed by atoms with Gasteiger partial charge in [0.1, 0.15) is 23.3 Å². The molecule has 0 aliphatic carbocycles. The van der Waals surface area contributed by atoms with Gasteiger partial charge < -0.3 is 20.2 Å². The number of aromatic nitrogens is 1. The van der Waals surface area contributed by atoms with Crippen LogP contribution in [0, 0.1) is 12.7 Å². The predicted molar refractivity (Wildman–Crippen MR) is 120 cm³/mol. The summed E-state index contributed by atoms with van der Waals surface area (Å²) in [5.41, 5.74) is -2.00. The van der Waals surface area contributed by atoms with E-state index in [4.69, 9.17) is 11.6 Å². The maximum Gasteiger partial charge on any atom is 0.416 e. The van der Waals surface area contributed by atoms with Crippen LogP contribution in [-0.2, 0) is 11.0 Å². The minimum atomic E-state index is -4.70. The van der Waals surface area contributed by atoms with Gasteiger partial charge in [0.25, 0.3) is 5.91 Å². The first-order valence-corrected chi connectivity index (χ1v) is 11.0. The van der Waals surface area contributed by atoms with Crippen molar-refractivity contribution in [2.45, 2.75) is 24.7 Å². The maximum absolute atomic E-state index is 13.6. The topological polar surface area (TPSA) is 89.0 Å². The Bertz CT molecular complexity index is 1170. The first-order chi connectivity index (χ1) is 16.3. The van der Waals surface area contributed by atoms with Crippen LogP contribution in [0.3, 0.4) is 0 Å². The number of halogens is 5. The van der Waals surface area contributed by atoms with Crippen molar-refractivity contribution in [1.29, 1.82) is 0 Å². The third kappa shape index (κ3) is 4.91. The third-order valence-corrected chi connectivity index (χ3v) is 6.28. The van der Waals surface area contributed by atoms with E-state index in [-0.39, 0.29) is 48.4 Å². The van der Waals surface area contributed by atoms with Crippen molar-refractivity contribution in [3.05, 3.63) is 52.4 Å². The number of β-amino-alcohol motifs (C(OH)–C–C–N with tert-alkyl or cyclic N) is 1. The molecule has 2 aliphatic heterocycles. The number of alkyl halides is 3. The van der Waals surface area contributed by atoms with E-state index < -0.39 is 41.1 Å². The van der Waals surface area contributed by atoms with Gasteiger partial charge in [0.15, 0.2) is 0 Å². The van der Waals surface area contributed by atoms with Crippen LogP contribution >= 0.6 is 11.6 Å². The Morgan fingerprint density at radius 2 is 2.00 bits per heavy atom. The number of rotatable bonds is 5. The van der Waals surface area contributed by atoms with Crippen LogP contribution in [0.25, 0.3) is 0 Å². The Labute approximate surface area is 203 Å². The summed E-state index contributed by atoms with van der Waals surface area (Å²) in [4.78, 5) is 34.2. The lowest BCUT2D eigenvalue weighted by atomic mass is 9.97. The fraction of sp³-hybridized carbons (Fsp3) is 0.409. The maximum atomic E-state index is 13.6. The number of nitrogens with zero attached hydrogens (tertiary/aromatic N) is 4. The molecule has 0 spiro atoms. The number of pyridine rings is 1. The smallest absolute Gasteiger partial charge is 0.385 e. The second-order valence-corrected chi connectivity index (χ2v) is 9.13. The van der Waals surface area contributed by atoms with Crippen LogP contribution in [0.2, 0.25) is 5.02 Å². The number of likely N-dealkylation sites (N-methyl/N-ethyl adjacent to an activating group) is 1. The Balaban J connectivity index is 1.72. The zero-order valence-corrected chi connectivity index (χ0v) is 19.5. The molecule has 1 atom stereocenters. The molecule has 13 heteroatoms. The van der Waals surface area contributed by atoms with Crippen molar-refractivity contribution in [2.75, 3.05) is 43.0 Å². The molecule has 3 amide bonds. The van der Waals surface area contributed by atoms with Crippen LogP contribution in [0.15, 0.2) is 30.3 Å². The van der Waals surface area contributed by atoms with Crippen molar-refractivity contribution in [3.8, 4) is 0 Å². The van der Waals surface area contributed by atoms with Gasteiger partial charge in [-0.1, -0.05) is 11.6 Å². The molecule has 2 N–H and O–H groups in total. The quantitative estimate of drug-likeness (QED) is 0.598. The number of aryl methyl sites for hydroxylation is 1. The fourth-order valence-corrected chi connectivity index (χ4v) is 4.27. The number of urea groups is 1. The van der Waals surface area contributed by atoms with Crippen molar-refractivity contribution < 1.29 is 32.3 Å². The standard InChI is InChI=1S/C22H22ClF4N5O3/c1-12-5-13(22(25,26)27)6-18(29-12)32-17(8-31(20(32)34)11-21(35)9-28-10-21)19(33)30(2)14-3-4-16(24)15(23)7-14/h3-7,17,28,35H,8-11H2,1-2H3/t17-/m0/s1. The van der Waals surface area contributed by atoms with Crippen molar-refractivity contribution in [3.63, 3.8) is 0 Å². The summed E-state index contributed by atoms with van der Waals surface area (Å²) < 4.78 is 54.0. The highest BCUT2D eigenvalue weighted by molar-refractivity contribution is 6.31. The molecule has 0 bridgehead atoms. The van der Waals surface area contributed by atoms with Crippen molar-refractivity contribution >= 4 is 35.0 Å². The lowest BCUT2D eigenvalue weighted by molar-refractivity contribution is -0.137. The summed E-state index contributed by atoms with van der Waals surface area (Å²) in [6.45, 7) is 1.48.